The van der Waals surface area contributed by atoms with Gasteiger partial charge < -0.3 is 25.0 Å². The number of methoxy groups -OCH3 is 1. The Morgan fingerprint density at radius 1 is 1.32 bits per heavy atom. The third kappa shape index (κ3) is 6.18. The zero-order valence-electron chi connectivity index (χ0n) is 17.2. The van der Waals surface area contributed by atoms with Crippen molar-refractivity contribution in [2.24, 2.45) is 4.99 Å². The van der Waals surface area contributed by atoms with Gasteiger partial charge in [0.1, 0.15) is 5.82 Å². The first-order chi connectivity index (χ1) is 13.1. The van der Waals surface area contributed by atoms with E-state index in [1.807, 2.05) is 13.2 Å². The summed E-state index contributed by atoms with van der Waals surface area (Å²) in [5.41, 5.74) is 1.04. The molecule has 2 N–H and O–H groups in total. The van der Waals surface area contributed by atoms with Crippen LogP contribution >= 0.6 is 24.0 Å². The van der Waals surface area contributed by atoms with E-state index in [1.165, 1.54) is 5.56 Å². The van der Waals surface area contributed by atoms with Gasteiger partial charge >= 0.3 is 0 Å². The highest BCUT2D eigenvalue weighted by molar-refractivity contribution is 14.0. The maximum absolute atomic E-state index is 5.80. The van der Waals surface area contributed by atoms with Crippen molar-refractivity contribution in [3.05, 3.63) is 23.9 Å². The van der Waals surface area contributed by atoms with Crippen molar-refractivity contribution in [1.29, 1.82) is 0 Å². The molecule has 1 aromatic rings. The van der Waals surface area contributed by atoms with E-state index in [4.69, 9.17) is 9.47 Å². The smallest absolute Gasteiger partial charge is 0.191 e. The Morgan fingerprint density at radius 2 is 2.04 bits per heavy atom. The summed E-state index contributed by atoms with van der Waals surface area (Å²) < 4.78 is 11.3. The van der Waals surface area contributed by atoms with E-state index in [9.17, 15) is 0 Å². The molecule has 3 rings (SSSR count). The van der Waals surface area contributed by atoms with Gasteiger partial charge in [-0.3, -0.25) is 4.99 Å². The van der Waals surface area contributed by atoms with Crippen LogP contribution in [0.5, 0.6) is 0 Å². The monoisotopic (exact) mass is 503 g/mol. The van der Waals surface area contributed by atoms with E-state index >= 15 is 0 Å². The number of piperidine rings is 1. The standard InChI is InChI=1S/C20H33N5O2.HI/c1-16-4-5-18(22-14-16)25-10-6-17(7-11-25)24-19(21-2)23-15-20(26-3)8-12-27-13-9-20;/h4-5,14,17H,6-13,15H2,1-3H3,(H2,21,23,24);1H. The van der Waals surface area contributed by atoms with Crippen molar-refractivity contribution >= 4 is 35.8 Å². The summed E-state index contributed by atoms with van der Waals surface area (Å²) in [5, 5.41) is 7.03. The fourth-order valence-corrected chi connectivity index (χ4v) is 3.73. The Morgan fingerprint density at radius 3 is 2.61 bits per heavy atom. The normalized spacial score (nSPS) is 20.4. The lowest BCUT2D eigenvalue weighted by molar-refractivity contribution is -0.0855. The third-order valence-corrected chi connectivity index (χ3v) is 5.69. The largest absolute Gasteiger partial charge is 0.381 e. The van der Waals surface area contributed by atoms with E-state index in [2.05, 4.69) is 44.6 Å². The van der Waals surface area contributed by atoms with Gasteiger partial charge in [0.2, 0.25) is 0 Å². The topological polar surface area (TPSA) is 71.0 Å². The number of aliphatic imine (C=N–C) groups is 1. The number of ether oxygens (including phenoxy) is 2. The maximum Gasteiger partial charge on any atom is 0.191 e. The van der Waals surface area contributed by atoms with Gasteiger partial charge in [0.15, 0.2) is 5.96 Å². The lowest BCUT2D eigenvalue weighted by Gasteiger charge is -2.37. The first kappa shape index (κ1) is 23.2. The van der Waals surface area contributed by atoms with Crippen LogP contribution in [0, 0.1) is 6.92 Å². The highest BCUT2D eigenvalue weighted by Gasteiger charge is 2.32. The van der Waals surface area contributed by atoms with Gasteiger partial charge in [0, 0.05) is 72.1 Å². The van der Waals surface area contributed by atoms with Gasteiger partial charge in [-0.2, -0.15) is 0 Å². The Hall–Kier alpha value is -1.13. The molecule has 2 aliphatic heterocycles. The summed E-state index contributed by atoms with van der Waals surface area (Å²) in [7, 11) is 3.61. The molecule has 8 heteroatoms. The first-order valence-electron chi connectivity index (χ1n) is 9.92. The molecule has 0 aromatic carbocycles. The lowest BCUT2D eigenvalue weighted by Crippen LogP contribution is -2.53. The molecular formula is C20H34IN5O2. The Bertz CT molecular complexity index is 612. The number of aryl methyl sites for hydroxylation is 1. The molecule has 2 saturated heterocycles. The molecule has 158 valence electrons. The molecule has 0 radical (unpaired) electrons. The van der Waals surface area contributed by atoms with Crippen LogP contribution in [-0.4, -0.2) is 69.6 Å². The van der Waals surface area contributed by atoms with Crippen LogP contribution in [0.25, 0.3) is 0 Å². The van der Waals surface area contributed by atoms with Crippen molar-refractivity contribution in [3.63, 3.8) is 0 Å². The highest BCUT2D eigenvalue weighted by Crippen LogP contribution is 2.23. The van der Waals surface area contributed by atoms with Crippen molar-refractivity contribution in [1.82, 2.24) is 15.6 Å². The SMILES string of the molecule is CN=C(NCC1(OC)CCOCC1)NC1CCN(c2ccc(C)cn2)CC1.I. The summed E-state index contributed by atoms with van der Waals surface area (Å²) in [5.74, 6) is 1.92. The summed E-state index contributed by atoms with van der Waals surface area (Å²) in [6, 6.07) is 4.66. The number of aromatic nitrogens is 1. The minimum atomic E-state index is -0.156. The lowest BCUT2D eigenvalue weighted by atomic mass is 9.94. The van der Waals surface area contributed by atoms with E-state index in [1.54, 1.807) is 7.11 Å². The van der Waals surface area contributed by atoms with Crippen molar-refractivity contribution < 1.29 is 9.47 Å². The molecule has 7 nitrogen and oxygen atoms in total. The van der Waals surface area contributed by atoms with Gasteiger partial charge in [0.25, 0.3) is 0 Å². The number of nitrogens with one attached hydrogen (secondary N) is 2. The van der Waals surface area contributed by atoms with E-state index in [0.29, 0.717) is 6.04 Å². The molecule has 0 unspecified atom stereocenters. The molecule has 0 atom stereocenters. The van der Waals surface area contributed by atoms with Crippen LogP contribution in [-0.2, 0) is 9.47 Å². The third-order valence-electron chi connectivity index (χ3n) is 5.69. The van der Waals surface area contributed by atoms with Crippen LogP contribution in [0.1, 0.15) is 31.2 Å². The number of nitrogens with zero attached hydrogens (tertiary/aromatic N) is 3. The fraction of sp³-hybridized carbons (Fsp3) is 0.700. The van der Waals surface area contributed by atoms with Gasteiger partial charge in [-0.15, -0.1) is 24.0 Å². The molecule has 0 amide bonds. The predicted octanol–water partition coefficient (Wildman–Crippen LogP) is 2.34. The highest BCUT2D eigenvalue weighted by atomic mass is 127. The quantitative estimate of drug-likeness (QED) is 0.365. The summed E-state index contributed by atoms with van der Waals surface area (Å²) in [6.45, 7) is 6.34. The molecule has 0 saturated carbocycles. The van der Waals surface area contributed by atoms with Crippen LogP contribution in [0.4, 0.5) is 5.82 Å². The predicted molar refractivity (Wildman–Crippen MR) is 124 cm³/mol. The average molecular weight is 503 g/mol. The van der Waals surface area contributed by atoms with Gasteiger partial charge in [-0.1, -0.05) is 6.07 Å². The zero-order valence-corrected chi connectivity index (χ0v) is 19.6. The molecular weight excluding hydrogens is 469 g/mol. The Kier molecular flexibility index (Phi) is 9.23. The molecule has 0 bridgehead atoms. The molecule has 28 heavy (non-hydrogen) atoms. The minimum Gasteiger partial charge on any atom is -0.381 e. The molecule has 1 aromatic heterocycles. The number of pyridine rings is 1. The van der Waals surface area contributed by atoms with Gasteiger partial charge in [-0.05, 0) is 31.4 Å². The van der Waals surface area contributed by atoms with Crippen LogP contribution in [0.15, 0.2) is 23.3 Å². The van der Waals surface area contributed by atoms with Crippen LogP contribution < -0.4 is 15.5 Å². The van der Waals surface area contributed by atoms with E-state index in [-0.39, 0.29) is 29.6 Å². The second kappa shape index (κ2) is 11.2. The molecule has 0 spiro atoms. The van der Waals surface area contributed by atoms with Crippen molar-refractivity contribution in [2.45, 2.75) is 44.2 Å². The second-order valence-corrected chi connectivity index (χ2v) is 7.52. The van der Waals surface area contributed by atoms with Gasteiger partial charge in [0.05, 0.1) is 5.60 Å². The fourth-order valence-electron chi connectivity index (χ4n) is 3.73. The van der Waals surface area contributed by atoms with Gasteiger partial charge in [-0.25, -0.2) is 4.98 Å². The second-order valence-electron chi connectivity index (χ2n) is 7.52. The van der Waals surface area contributed by atoms with Crippen molar-refractivity contribution in [2.75, 3.05) is 51.9 Å². The Labute approximate surface area is 185 Å². The first-order valence-corrected chi connectivity index (χ1v) is 9.92. The average Bonchev–Trinajstić information content (AvgIpc) is 2.73. The molecule has 2 aliphatic rings. The van der Waals surface area contributed by atoms with E-state index < -0.39 is 0 Å². The zero-order chi connectivity index (χ0) is 19.1. The van der Waals surface area contributed by atoms with Crippen LogP contribution in [0.3, 0.4) is 0 Å². The summed E-state index contributed by atoms with van der Waals surface area (Å²) in [6.07, 6.45) is 5.90. The number of anilines is 1. The molecule has 3 heterocycles. The van der Waals surface area contributed by atoms with E-state index in [0.717, 1.165) is 70.3 Å². The minimum absolute atomic E-state index is 0. The Balaban J connectivity index is 0.00000280. The molecule has 0 aliphatic carbocycles. The number of halogens is 1. The van der Waals surface area contributed by atoms with Crippen LogP contribution in [0.2, 0.25) is 0 Å². The van der Waals surface area contributed by atoms with Crippen molar-refractivity contribution in [3.8, 4) is 0 Å². The summed E-state index contributed by atoms with van der Waals surface area (Å²) in [4.78, 5) is 11.3. The summed E-state index contributed by atoms with van der Waals surface area (Å²) >= 11 is 0. The number of rotatable bonds is 5. The maximum atomic E-state index is 5.80. The number of guanidine groups is 1. The molecule has 2 fully saturated rings. The number of hydrogen-bond donors (Lipinski definition) is 2. The number of hydrogen-bond acceptors (Lipinski definition) is 5.